The predicted octanol–water partition coefficient (Wildman–Crippen LogP) is 4.00. The molecule has 3 unspecified atom stereocenters. The highest BCUT2D eigenvalue weighted by atomic mass is 32.1. The van der Waals surface area contributed by atoms with E-state index in [1.54, 1.807) is 11.3 Å². The van der Waals surface area contributed by atoms with Gasteiger partial charge in [-0.15, -0.1) is 11.3 Å². The molecular formula is C20H33N3OS. The first-order chi connectivity index (χ1) is 12.0. The van der Waals surface area contributed by atoms with Crippen molar-refractivity contribution in [1.29, 1.82) is 0 Å². The predicted molar refractivity (Wildman–Crippen MR) is 104 cm³/mol. The lowest BCUT2D eigenvalue weighted by molar-refractivity contribution is -0.133. The molecule has 140 valence electrons. The maximum absolute atomic E-state index is 12.8. The molecule has 3 rings (SSSR count). The van der Waals surface area contributed by atoms with Crippen molar-refractivity contribution in [3.05, 3.63) is 16.1 Å². The molecule has 0 bridgehead atoms. The standard InChI is InChI=1S/C20H33N3OS/c1-14(2)18-13-25-20(22-18)17-7-5-9-23(12-17)19(24)10-15(3)16-6-4-8-21-11-16/h13-17,21H,4-12H2,1-3H3. The van der Waals surface area contributed by atoms with Gasteiger partial charge in [0, 0.05) is 30.8 Å². The molecule has 2 aliphatic rings. The molecule has 0 aromatic carbocycles. The maximum atomic E-state index is 12.8. The Morgan fingerprint density at radius 2 is 2.20 bits per heavy atom. The SMILES string of the molecule is CC(C)c1csc(C2CCCN(C(=O)CC(C)C3CCCNC3)C2)n1. The third-order valence-corrected chi connectivity index (χ3v) is 6.92. The highest BCUT2D eigenvalue weighted by Crippen LogP contribution is 2.32. The van der Waals surface area contributed by atoms with Crippen LogP contribution in [-0.2, 0) is 4.79 Å². The Balaban J connectivity index is 1.55. The van der Waals surface area contributed by atoms with Crippen LogP contribution < -0.4 is 5.32 Å². The van der Waals surface area contributed by atoms with Crippen molar-refractivity contribution in [3.8, 4) is 0 Å². The quantitative estimate of drug-likeness (QED) is 0.860. The van der Waals surface area contributed by atoms with Crippen molar-refractivity contribution in [2.24, 2.45) is 11.8 Å². The van der Waals surface area contributed by atoms with Gasteiger partial charge in [-0.2, -0.15) is 0 Å². The van der Waals surface area contributed by atoms with E-state index in [-0.39, 0.29) is 0 Å². The summed E-state index contributed by atoms with van der Waals surface area (Å²) in [7, 11) is 0. The van der Waals surface area contributed by atoms with E-state index in [9.17, 15) is 4.79 Å². The van der Waals surface area contributed by atoms with Crippen LogP contribution in [-0.4, -0.2) is 42.0 Å². The molecule has 2 fully saturated rings. The third kappa shape index (κ3) is 4.82. The Labute approximate surface area is 156 Å². The lowest BCUT2D eigenvalue weighted by Gasteiger charge is -2.34. The number of nitrogens with zero attached hydrogens (tertiary/aromatic N) is 2. The minimum atomic E-state index is 0.350. The summed E-state index contributed by atoms with van der Waals surface area (Å²) >= 11 is 1.78. The summed E-state index contributed by atoms with van der Waals surface area (Å²) < 4.78 is 0. The molecule has 0 spiro atoms. The minimum absolute atomic E-state index is 0.350. The van der Waals surface area contributed by atoms with Crippen LogP contribution >= 0.6 is 11.3 Å². The van der Waals surface area contributed by atoms with E-state index in [1.807, 2.05) is 0 Å². The molecule has 4 nitrogen and oxygen atoms in total. The number of aromatic nitrogens is 1. The summed E-state index contributed by atoms with van der Waals surface area (Å²) in [6.07, 6.45) is 5.48. The topological polar surface area (TPSA) is 45.2 Å². The number of likely N-dealkylation sites (tertiary alicyclic amines) is 1. The van der Waals surface area contributed by atoms with E-state index in [0.717, 1.165) is 39.0 Å². The van der Waals surface area contributed by atoms with E-state index in [0.29, 0.717) is 36.0 Å². The molecule has 0 radical (unpaired) electrons. The number of piperidine rings is 2. The average molecular weight is 364 g/mol. The number of rotatable bonds is 5. The molecule has 5 heteroatoms. The van der Waals surface area contributed by atoms with E-state index in [1.165, 1.54) is 23.5 Å². The fourth-order valence-corrected chi connectivity index (χ4v) is 5.20. The zero-order chi connectivity index (χ0) is 17.8. The van der Waals surface area contributed by atoms with Crippen molar-refractivity contribution in [3.63, 3.8) is 0 Å². The highest BCUT2D eigenvalue weighted by molar-refractivity contribution is 7.09. The van der Waals surface area contributed by atoms with Crippen molar-refractivity contribution >= 4 is 17.2 Å². The van der Waals surface area contributed by atoms with Gasteiger partial charge in [-0.05, 0) is 56.5 Å². The van der Waals surface area contributed by atoms with Crippen LogP contribution in [0.15, 0.2) is 5.38 Å². The lowest BCUT2D eigenvalue weighted by atomic mass is 9.85. The molecule has 1 N–H and O–H groups in total. The Morgan fingerprint density at radius 1 is 1.36 bits per heavy atom. The van der Waals surface area contributed by atoms with Crippen LogP contribution in [0.1, 0.15) is 75.4 Å². The zero-order valence-electron chi connectivity index (χ0n) is 16.0. The Hall–Kier alpha value is -0.940. The van der Waals surface area contributed by atoms with Crippen LogP contribution in [0.5, 0.6) is 0 Å². The van der Waals surface area contributed by atoms with Crippen LogP contribution in [0.2, 0.25) is 0 Å². The normalized spacial score (nSPS) is 26.0. The number of hydrogen-bond acceptors (Lipinski definition) is 4. The number of carbonyl (C=O) groups excluding carboxylic acids is 1. The number of nitrogens with one attached hydrogen (secondary N) is 1. The molecular weight excluding hydrogens is 330 g/mol. The van der Waals surface area contributed by atoms with Crippen LogP contribution in [0, 0.1) is 11.8 Å². The first-order valence-corrected chi connectivity index (χ1v) is 10.9. The van der Waals surface area contributed by atoms with E-state index in [4.69, 9.17) is 4.98 Å². The molecule has 3 atom stereocenters. The number of amides is 1. The van der Waals surface area contributed by atoms with Gasteiger partial charge < -0.3 is 10.2 Å². The molecule has 3 heterocycles. The minimum Gasteiger partial charge on any atom is -0.342 e. The molecule has 1 aromatic rings. The second kappa shape index (κ2) is 8.63. The molecule has 0 aliphatic carbocycles. The van der Waals surface area contributed by atoms with Crippen molar-refractivity contribution in [1.82, 2.24) is 15.2 Å². The van der Waals surface area contributed by atoms with Crippen LogP contribution in [0.3, 0.4) is 0 Å². The summed E-state index contributed by atoms with van der Waals surface area (Å²) in [5, 5.41) is 6.90. The van der Waals surface area contributed by atoms with E-state index < -0.39 is 0 Å². The fourth-order valence-electron chi connectivity index (χ4n) is 4.09. The van der Waals surface area contributed by atoms with Gasteiger partial charge in [0.25, 0.3) is 0 Å². The lowest BCUT2D eigenvalue weighted by Crippen LogP contribution is -2.41. The molecule has 1 amide bonds. The van der Waals surface area contributed by atoms with Crippen LogP contribution in [0.4, 0.5) is 0 Å². The van der Waals surface area contributed by atoms with Crippen molar-refractivity contribution in [2.75, 3.05) is 26.2 Å². The van der Waals surface area contributed by atoms with Gasteiger partial charge in [0.05, 0.1) is 10.7 Å². The van der Waals surface area contributed by atoms with Crippen molar-refractivity contribution < 1.29 is 4.79 Å². The number of thiazole rings is 1. The first kappa shape index (κ1) is 18.8. The molecule has 25 heavy (non-hydrogen) atoms. The van der Waals surface area contributed by atoms with Gasteiger partial charge in [0.2, 0.25) is 5.91 Å². The van der Waals surface area contributed by atoms with Gasteiger partial charge in [-0.1, -0.05) is 20.8 Å². The third-order valence-electron chi connectivity index (χ3n) is 5.89. The highest BCUT2D eigenvalue weighted by Gasteiger charge is 2.29. The van der Waals surface area contributed by atoms with Gasteiger partial charge in [0.1, 0.15) is 0 Å². The smallest absolute Gasteiger partial charge is 0.222 e. The fraction of sp³-hybridized carbons (Fsp3) is 0.800. The second-order valence-corrected chi connectivity index (χ2v) is 9.12. The summed E-state index contributed by atoms with van der Waals surface area (Å²) in [5.74, 6) is 2.40. The summed E-state index contributed by atoms with van der Waals surface area (Å²) in [6.45, 7) is 10.6. The van der Waals surface area contributed by atoms with Gasteiger partial charge in [0.15, 0.2) is 0 Å². The van der Waals surface area contributed by atoms with Gasteiger partial charge >= 0.3 is 0 Å². The average Bonchev–Trinajstić information content (AvgIpc) is 3.13. The number of hydrogen-bond donors (Lipinski definition) is 1. The first-order valence-electron chi connectivity index (χ1n) is 9.98. The van der Waals surface area contributed by atoms with E-state index in [2.05, 4.69) is 36.4 Å². The summed E-state index contributed by atoms with van der Waals surface area (Å²) in [4.78, 5) is 19.8. The molecule has 2 aliphatic heterocycles. The van der Waals surface area contributed by atoms with Crippen molar-refractivity contribution in [2.45, 2.75) is 64.7 Å². The molecule has 1 aromatic heterocycles. The summed E-state index contributed by atoms with van der Waals surface area (Å²) in [6, 6.07) is 0. The molecule has 0 saturated carbocycles. The Bertz CT molecular complexity index is 565. The second-order valence-electron chi connectivity index (χ2n) is 8.23. The number of carbonyl (C=O) groups is 1. The van der Waals surface area contributed by atoms with Crippen LogP contribution in [0.25, 0.3) is 0 Å². The van der Waals surface area contributed by atoms with Gasteiger partial charge in [-0.3, -0.25) is 4.79 Å². The maximum Gasteiger partial charge on any atom is 0.222 e. The largest absolute Gasteiger partial charge is 0.342 e. The Morgan fingerprint density at radius 3 is 2.88 bits per heavy atom. The molecule has 2 saturated heterocycles. The van der Waals surface area contributed by atoms with Gasteiger partial charge in [-0.25, -0.2) is 4.98 Å². The monoisotopic (exact) mass is 363 g/mol. The summed E-state index contributed by atoms with van der Waals surface area (Å²) in [5.41, 5.74) is 1.20. The van der Waals surface area contributed by atoms with E-state index >= 15 is 0 Å². The Kier molecular flexibility index (Phi) is 6.50. The zero-order valence-corrected chi connectivity index (χ0v) is 16.8.